The van der Waals surface area contributed by atoms with Crippen LogP contribution in [0.2, 0.25) is 0 Å². The number of benzene rings is 3. The third-order valence-electron chi connectivity index (χ3n) is 5.78. The fourth-order valence-corrected chi connectivity index (χ4v) is 4.21. The number of aryl methyl sites for hydroxylation is 1. The molecular weight excluding hydrogens is 409 g/mol. The lowest BCUT2D eigenvalue weighted by atomic mass is 10.2. The van der Waals surface area contributed by atoms with Crippen LogP contribution in [0, 0.1) is 5.82 Å². The van der Waals surface area contributed by atoms with E-state index in [-0.39, 0.29) is 6.54 Å². The quantitative estimate of drug-likeness (QED) is 0.436. The second kappa shape index (κ2) is 7.53. The molecule has 0 fully saturated rings. The van der Waals surface area contributed by atoms with Gasteiger partial charge in [0.2, 0.25) is 0 Å². The van der Waals surface area contributed by atoms with Gasteiger partial charge in [0, 0.05) is 18.0 Å². The number of rotatable bonds is 4. The van der Waals surface area contributed by atoms with Crippen molar-refractivity contribution in [3.8, 4) is 11.4 Å². The summed E-state index contributed by atoms with van der Waals surface area (Å²) in [5.41, 5.74) is 1.42. The van der Waals surface area contributed by atoms with Crippen molar-refractivity contribution < 1.29 is 9.13 Å². The van der Waals surface area contributed by atoms with Crippen LogP contribution in [0.3, 0.4) is 0 Å². The standard InChI is InChI=1S/C25H20FN3O3/c1-27-21-13-12-18(32-2)14-19(21)22-23(27)24(30)29(17-9-4-3-5-10-17)25(31)28(22)15-16-8-6-7-11-20(16)26/h3-14H,15H2,1-2H3. The van der Waals surface area contributed by atoms with Crippen molar-refractivity contribution in [2.24, 2.45) is 7.05 Å². The Labute approximate surface area is 182 Å². The summed E-state index contributed by atoms with van der Waals surface area (Å²) < 4.78 is 24.3. The Morgan fingerprint density at radius 2 is 1.62 bits per heavy atom. The predicted molar refractivity (Wildman–Crippen MR) is 122 cm³/mol. The molecule has 0 aliphatic heterocycles. The van der Waals surface area contributed by atoms with E-state index in [2.05, 4.69) is 0 Å². The van der Waals surface area contributed by atoms with Crippen molar-refractivity contribution in [1.82, 2.24) is 13.7 Å². The van der Waals surface area contributed by atoms with Gasteiger partial charge in [-0.05, 0) is 36.4 Å². The second-order valence-electron chi connectivity index (χ2n) is 7.58. The Bertz CT molecular complexity index is 1600. The van der Waals surface area contributed by atoms with E-state index >= 15 is 0 Å². The average Bonchev–Trinajstić information content (AvgIpc) is 3.10. The molecule has 0 radical (unpaired) electrons. The van der Waals surface area contributed by atoms with Crippen molar-refractivity contribution in [3.63, 3.8) is 0 Å². The minimum absolute atomic E-state index is 0.0224. The van der Waals surface area contributed by atoms with Crippen molar-refractivity contribution >= 4 is 21.9 Å². The van der Waals surface area contributed by atoms with Crippen LogP contribution in [-0.4, -0.2) is 20.8 Å². The molecule has 0 unspecified atom stereocenters. The van der Waals surface area contributed by atoms with E-state index in [1.54, 1.807) is 73.3 Å². The summed E-state index contributed by atoms with van der Waals surface area (Å²) in [5, 5.41) is 0.688. The fourth-order valence-electron chi connectivity index (χ4n) is 4.21. The number of hydrogen-bond donors (Lipinski definition) is 0. The zero-order valence-electron chi connectivity index (χ0n) is 17.6. The number of hydrogen-bond acceptors (Lipinski definition) is 3. The highest BCUT2D eigenvalue weighted by Gasteiger charge is 2.22. The number of nitrogens with zero attached hydrogens (tertiary/aromatic N) is 3. The number of fused-ring (bicyclic) bond motifs is 3. The van der Waals surface area contributed by atoms with E-state index in [0.29, 0.717) is 33.4 Å². The molecule has 160 valence electrons. The van der Waals surface area contributed by atoms with Gasteiger partial charge in [0.05, 0.1) is 30.4 Å². The van der Waals surface area contributed by atoms with Crippen LogP contribution in [0.5, 0.6) is 5.75 Å². The van der Waals surface area contributed by atoms with Crippen LogP contribution in [0.15, 0.2) is 82.4 Å². The Morgan fingerprint density at radius 3 is 2.34 bits per heavy atom. The molecule has 3 aromatic carbocycles. The molecule has 2 heterocycles. The number of aromatic nitrogens is 3. The van der Waals surface area contributed by atoms with Gasteiger partial charge in [-0.3, -0.25) is 9.36 Å². The highest BCUT2D eigenvalue weighted by atomic mass is 19.1. The Morgan fingerprint density at radius 1 is 0.906 bits per heavy atom. The third-order valence-corrected chi connectivity index (χ3v) is 5.78. The Balaban J connectivity index is 1.96. The summed E-state index contributed by atoms with van der Waals surface area (Å²) in [5.74, 6) is 0.185. The average molecular weight is 429 g/mol. The van der Waals surface area contributed by atoms with E-state index in [0.717, 1.165) is 10.1 Å². The maximum absolute atomic E-state index is 14.5. The fraction of sp³-hybridized carbons (Fsp3) is 0.120. The first-order valence-corrected chi connectivity index (χ1v) is 10.1. The van der Waals surface area contributed by atoms with Gasteiger partial charge in [0.15, 0.2) is 0 Å². The monoisotopic (exact) mass is 429 g/mol. The van der Waals surface area contributed by atoms with Crippen LogP contribution in [0.1, 0.15) is 5.56 Å². The van der Waals surface area contributed by atoms with Crippen LogP contribution in [-0.2, 0) is 13.6 Å². The maximum Gasteiger partial charge on any atom is 0.336 e. The molecule has 0 saturated carbocycles. The molecule has 7 heteroatoms. The zero-order chi connectivity index (χ0) is 22.4. The SMILES string of the molecule is COc1ccc2c(c1)c1c(c(=O)n(-c3ccccc3)c(=O)n1Cc1ccccc1F)n2C. The Hall–Kier alpha value is -4.13. The summed E-state index contributed by atoms with van der Waals surface area (Å²) in [7, 11) is 3.34. The lowest BCUT2D eigenvalue weighted by Gasteiger charge is -2.14. The lowest BCUT2D eigenvalue weighted by Crippen LogP contribution is -2.39. The van der Waals surface area contributed by atoms with Gasteiger partial charge >= 0.3 is 5.69 Å². The van der Waals surface area contributed by atoms with Crippen LogP contribution in [0.25, 0.3) is 27.6 Å². The molecule has 0 aliphatic carbocycles. The van der Waals surface area contributed by atoms with Gasteiger partial charge in [-0.15, -0.1) is 0 Å². The van der Waals surface area contributed by atoms with Gasteiger partial charge < -0.3 is 9.30 Å². The molecule has 0 N–H and O–H groups in total. The minimum atomic E-state index is -0.535. The van der Waals surface area contributed by atoms with Crippen molar-refractivity contribution in [2.75, 3.05) is 7.11 Å². The topological polar surface area (TPSA) is 58.2 Å². The van der Waals surface area contributed by atoms with Gasteiger partial charge in [-0.2, -0.15) is 0 Å². The van der Waals surface area contributed by atoms with Crippen molar-refractivity contribution in [1.29, 1.82) is 0 Å². The van der Waals surface area contributed by atoms with E-state index in [1.807, 2.05) is 12.1 Å². The van der Waals surface area contributed by atoms with Crippen molar-refractivity contribution in [2.45, 2.75) is 6.54 Å². The lowest BCUT2D eigenvalue weighted by molar-refractivity contribution is 0.415. The predicted octanol–water partition coefficient (Wildman–Crippen LogP) is 3.84. The molecule has 5 rings (SSSR count). The molecule has 0 amide bonds. The van der Waals surface area contributed by atoms with Crippen LogP contribution in [0.4, 0.5) is 4.39 Å². The van der Waals surface area contributed by atoms with E-state index in [1.165, 1.54) is 10.6 Å². The molecule has 0 saturated heterocycles. The summed E-state index contributed by atoms with van der Waals surface area (Å²) in [6, 6.07) is 20.5. The number of para-hydroxylation sites is 1. The molecule has 0 aliphatic rings. The molecule has 2 aromatic heterocycles. The highest BCUT2D eigenvalue weighted by molar-refractivity contribution is 6.06. The van der Waals surface area contributed by atoms with Gasteiger partial charge in [-0.25, -0.2) is 13.8 Å². The first-order valence-electron chi connectivity index (χ1n) is 10.1. The second-order valence-corrected chi connectivity index (χ2v) is 7.58. The van der Waals surface area contributed by atoms with E-state index < -0.39 is 17.1 Å². The third kappa shape index (κ3) is 2.93. The van der Waals surface area contributed by atoms with Crippen molar-refractivity contribution in [3.05, 3.63) is 105 Å². The molecule has 0 spiro atoms. The van der Waals surface area contributed by atoms with Crippen LogP contribution < -0.4 is 16.0 Å². The molecule has 6 nitrogen and oxygen atoms in total. The molecule has 0 bridgehead atoms. The summed E-state index contributed by atoms with van der Waals surface area (Å²) in [6.45, 7) is -0.0224. The summed E-state index contributed by atoms with van der Waals surface area (Å²) >= 11 is 0. The smallest absolute Gasteiger partial charge is 0.336 e. The number of methoxy groups -OCH3 is 1. The maximum atomic E-state index is 14.5. The normalized spacial score (nSPS) is 11.3. The van der Waals surface area contributed by atoms with E-state index in [9.17, 15) is 14.0 Å². The first-order chi connectivity index (χ1) is 15.5. The van der Waals surface area contributed by atoms with Gasteiger partial charge in [0.1, 0.15) is 17.1 Å². The zero-order valence-corrected chi connectivity index (χ0v) is 17.6. The van der Waals surface area contributed by atoms with Crippen LogP contribution >= 0.6 is 0 Å². The number of ether oxygens (including phenoxy) is 1. The highest BCUT2D eigenvalue weighted by Crippen LogP contribution is 2.29. The molecule has 5 aromatic rings. The van der Waals surface area contributed by atoms with Gasteiger partial charge in [-0.1, -0.05) is 36.4 Å². The Kier molecular flexibility index (Phi) is 4.66. The largest absolute Gasteiger partial charge is 0.497 e. The molecule has 0 atom stereocenters. The first kappa shape index (κ1) is 19.8. The molecular formula is C25H20FN3O3. The number of halogens is 1. The molecule has 32 heavy (non-hydrogen) atoms. The minimum Gasteiger partial charge on any atom is -0.497 e. The summed E-state index contributed by atoms with van der Waals surface area (Å²) in [6.07, 6.45) is 0. The summed E-state index contributed by atoms with van der Waals surface area (Å²) in [4.78, 5) is 27.3. The van der Waals surface area contributed by atoms with E-state index in [4.69, 9.17) is 4.74 Å². The van der Waals surface area contributed by atoms with Gasteiger partial charge in [0.25, 0.3) is 5.56 Å².